The standard InChI is InChI=1S/C19H23F2N3OS.HI/c1-14(17-9-8-16(20)12-18(17)21)24-19(22-2)23-10-11-26(25)13-15-6-4-3-5-7-15;/h3-9,12,14H,10-11,13H2,1-2H3,(H2,22,23,24);1H. The molecule has 2 rings (SSSR count). The first-order valence-corrected chi connectivity index (χ1v) is 9.79. The highest BCUT2D eigenvalue weighted by Gasteiger charge is 2.13. The predicted molar refractivity (Wildman–Crippen MR) is 118 cm³/mol. The molecule has 2 N–H and O–H groups in total. The van der Waals surface area contributed by atoms with Gasteiger partial charge in [0.05, 0.1) is 6.04 Å². The highest BCUT2D eigenvalue weighted by molar-refractivity contribution is 14.0. The van der Waals surface area contributed by atoms with Crippen LogP contribution in [0.2, 0.25) is 0 Å². The Kier molecular flexibility index (Phi) is 10.5. The third kappa shape index (κ3) is 7.92. The van der Waals surface area contributed by atoms with Gasteiger partial charge in [-0.1, -0.05) is 36.4 Å². The summed E-state index contributed by atoms with van der Waals surface area (Å²) < 4.78 is 39.0. The molecule has 0 spiro atoms. The predicted octanol–water partition coefficient (Wildman–Crippen LogP) is 3.76. The van der Waals surface area contributed by atoms with Gasteiger partial charge in [0.15, 0.2) is 5.96 Å². The van der Waals surface area contributed by atoms with Crippen molar-refractivity contribution in [2.24, 2.45) is 4.99 Å². The second kappa shape index (κ2) is 12.0. The van der Waals surface area contributed by atoms with E-state index >= 15 is 0 Å². The summed E-state index contributed by atoms with van der Waals surface area (Å²) in [6.45, 7) is 2.23. The molecule has 0 radical (unpaired) electrons. The number of guanidine groups is 1. The van der Waals surface area contributed by atoms with Crippen LogP contribution in [-0.2, 0) is 16.6 Å². The summed E-state index contributed by atoms with van der Waals surface area (Å²) >= 11 is 0. The van der Waals surface area contributed by atoms with E-state index in [0.717, 1.165) is 11.6 Å². The van der Waals surface area contributed by atoms with Crippen LogP contribution in [0.3, 0.4) is 0 Å². The van der Waals surface area contributed by atoms with Crippen LogP contribution >= 0.6 is 24.0 Å². The van der Waals surface area contributed by atoms with E-state index in [1.54, 1.807) is 14.0 Å². The first-order chi connectivity index (χ1) is 12.5. The van der Waals surface area contributed by atoms with Crippen LogP contribution in [0, 0.1) is 11.6 Å². The van der Waals surface area contributed by atoms with E-state index < -0.39 is 28.5 Å². The summed E-state index contributed by atoms with van der Waals surface area (Å²) in [7, 11) is 0.610. The van der Waals surface area contributed by atoms with E-state index in [1.807, 2.05) is 30.3 Å². The Hall–Kier alpha value is -1.55. The minimum Gasteiger partial charge on any atom is -0.355 e. The molecule has 0 aliphatic heterocycles. The minimum atomic E-state index is -0.991. The topological polar surface area (TPSA) is 53.5 Å². The van der Waals surface area contributed by atoms with Crippen LogP contribution in [0.1, 0.15) is 24.1 Å². The molecule has 0 aliphatic carbocycles. The zero-order valence-corrected chi connectivity index (χ0v) is 18.4. The van der Waals surface area contributed by atoms with Crippen molar-refractivity contribution in [1.29, 1.82) is 0 Å². The molecule has 0 fully saturated rings. The maximum absolute atomic E-state index is 13.8. The lowest BCUT2D eigenvalue weighted by atomic mass is 10.1. The lowest BCUT2D eigenvalue weighted by Crippen LogP contribution is -2.40. The second-order valence-electron chi connectivity index (χ2n) is 5.80. The summed E-state index contributed by atoms with van der Waals surface area (Å²) in [6.07, 6.45) is 0. The average Bonchev–Trinajstić information content (AvgIpc) is 2.61. The van der Waals surface area contributed by atoms with Gasteiger partial charge in [0.1, 0.15) is 11.6 Å². The molecule has 0 amide bonds. The van der Waals surface area contributed by atoms with Crippen molar-refractivity contribution < 1.29 is 13.0 Å². The Balaban J connectivity index is 0.00000364. The SMILES string of the molecule is CN=C(NCCS(=O)Cc1ccccc1)NC(C)c1ccc(F)cc1F.I. The van der Waals surface area contributed by atoms with Crippen LogP contribution in [0.4, 0.5) is 8.78 Å². The van der Waals surface area contributed by atoms with Crippen LogP contribution in [-0.4, -0.2) is 29.5 Å². The van der Waals surface area contributed by atoms with Crippen molar-refractivity contribution >= 4 is 40.7 Å². The molecule has 0 aromatic heterocycles. The van der Waals surface area contributed by atoms with Crippen LogP contribution < -0.4 is 10.6 Å². The quantitative estimate of drug-likeness (QED) is 0.341. The van der Waals surface area contributed by atoms with Gasteiger partial charge >= 0.3 is 0 Å². The molecule has 0 bridgehead atoms. The summed E-state index contributed by atoms with van der Waals surface area (Å²) in [5.41, 5.74) is 1.38. The molecule has 0 aliphatic rings. The van der Waals surface area contributed by atoms with Crippen molar-refractivity contribution in [2.45, 2.75) is 18.7 Å². The lowest BCUT2D eigenvalue weighted by Gasteiger charge is -2.18. The Labute approximate surface area is 178 Å². The Morgan fingerprint density at radius 2 is 1.89 bits per heavy atom. The second-order valence-corrected chi connectivity index (χ2v) is 7.38. The molecular weight excluding hydrogens is 483 g/mol. The third-order valence-electron chi connectivity index (χ3n) is 3.80. The summed E-state index contributed by atoms with van der Waals surface area (Å²) in [5.74, 6) is 0.227. The Bertz CT molecular complexity index is 775. The smallest absolute Gasteiger partial charge is 0.191 e. The Morgan fingerprint density at radius 1 is 1.19 bits per heavy atom. The number of benzene rings is 2. The summed E-state index contributed by atoms with van der Waals surface area (Å²) in [6, 6.07) is 12.8. The van der Waals surface area contributed by atoms with Gasteiger partial charge in [-0.25, -0.2) is 8.78 Å². The first kappa shape index (κ1) is 23.5. The van der Waals surface area contributed by atoms with E-state index in [0.29, 0.717) is 29.6 Å². The highest BCUT2D eigenvalue weighted by atomic mass is 127. The van der Waals surface area contributed by atoms with E-state index in [2.05, 4.69) is 15.6 Å². The van der Waals surface area contributed by atoms with Crippen molar-refractivity contribution in [2.75, 3.05) is 19.3 Å². The molecule has 2 aromatic rings. The molecule has 2 atom stereocenters. The number of halogens is 3. The average molecular weight is 507 g/mol. The van der Waals surface area contributed by atoms with Crippen LogP contribution in [0.15, 0.2) is 53.5 Å². The Morgan fingerprint density at radius 3 is 2.52 bits per heavy atom. The van der Waals surface area contributed by atoms with Gasteiger partial charge in [-0.05, 0) is 18.6 Å². The minimum absolute atomic E-state index is 0. The number of hydrogen-bond acceptors (Lipinski definition) is 2. The number of nitrogens with zero attached hydrogens (tertiary/aromatic N) is 1. The molecule has 2 unspecified atom stereocenters. The molecule has 8 heteroatoms. The molecule has 0 saturated heterocycles. The number of rotatable bonds is 7. The van der Waals surface area contributed by atoms with Gasteiger partial charge in [0.25, 0.3) is 0 Å². The molecule has 0 heterocycles. The highest BCUT2D eigenvalue weighted by Crippen LogP contribution is 2.17. The fraction of sp³-hybridized carbons (Fsp3) is 0.316. The number of hydrogen-bond donors (Lipinski definition) is 2. The van der Waals surface area contributed by atoms with E-state index in [-0.39, 0.29) is 24.0 Å². The van der Waals surface area contributed by atoms with Gasteiger partial charge in [-0.2, -0.15) is 0 Å². The van der Waals surface area contributed by atoms with E-state index in [4.69, 9.17) is 0 Å². The summed E-state index contributed by atoms with van der Waals surface area (Å²) in [5, 5.41) is 6.11. The van der Waals surface area contributed by atoms with Gasteiger partial charge in [-0.15, -0.1) is 24.0 Å². The van der Waals surface area contributed by atoms with Gasteiger partial charge in [0.2, 0.25) is 0 Å². The number of aliphatic imine (C=N–C) groups is 1. The molecule has 2 aromatic carbocycles. The van der Waals surface area contributed by atoms with E-state index in [1.165, 1.54) is 12.1 Å². The normalized spacial score (nSPS) is 13.4. The molecular formula is C19H24F2IN3OS. The van der Waals surface area contributed by atoms with Gasteiger partial charge in [-0.3, -0.25) is 9.20 Å². The molecule has 148 valence electrons. The van der Waals surface area contributed by atoms with Crippen molar-refractivity contribution in [3.05, 3.63) is 71.3 Å². The van der Waals surface area contributed by atoms with E-state index in [9.17, 15) is 13.0 Å². The molecule has 0 saturated carbocycles. The van der Waals surface area contributed by atoms with Gasteiger partial charge in [0, 0.05) is 47.5 Å². The molecule has 4 nitrogen and oxygen atoms in total. The zero-order valence-electron chi connectivity index (χ0n) is 15.2. The lowest BCUT2D eigenvalue weighted by molar-refractivity contribution is 0.551. The molecule has 27 heavy (non-hydrogen) atoms. The van der Waals surface area contributed by atoms with Crippen LogP contribution in [0.25, 0.3) is 0 Å². The van der Waals surface area contributed by atoms with Crippen LogP contribution in [0.5, 0.6) is 0 Å². The van der Waals surface area contributed by atoms with Crippen molar-refractivity contribution in [1.82, 2.24) is 10.6 Å². The third-order valence-corrected chi connectivity index (χ3v) is 5.11. The summed E-state index contributed by atoms with van der Waals surface area (Å²) in [4.78, 5) is 4.08. The monoisotopic (exact) mass is 507 g/mol. The van der Waals surface area contributed by atoms with Gasteiger partial charge < -0.3 is 10.6 Å². The first-order valence-electron chi connectivity index (χ1n) is 8.30. The number of nitrogens with one attached hydrogen (secondary N) is 2. The maximum Gasteiger partial charge on any atom is 0.191 e. The fourth-order valence-corrected chi connectivity index (χ4v) is 3.48. The van der Waals surface area contributed by atoms with Crippen molar-refractivity contribution in [3.8, 4) is 0 Å². The fourth-order valence-electron chi connectivity index (χ4n) is 2.45. The largest absolute Gasteiger partial charge is 0.355 e. The maximum atomic E-state index is 13.8. The van der Waals surface area contributed by atoms with Crippen molar-refractivity contribution in [3.63, 3.8) is 0 Å². The zero-order chi connectivity index (χ0) is 18.9.